The van der Waals surface area contributed by atoms with Gasteiger partial charge in [-0.15, -0.1) is 0 Å². The van der Waals surface area contributed by atoms with E-state index in [4.69, 9.17) is 0 Å². The predicted molar refractivity (Wildman–Crippen MR) is 74.9 cm³/mol. The van der Waals surface area contributed by atoms with Crippen molar-refractivity contribution in [2.45, 2.75) is 26.7 Å². The van der Waals surface area contributed by atoms with Gasteiger partial charge in [0, 0.05) is 11.4 Å². The van der Waals surface area contributed by atoms with Gasteiger partial charge in [0.05, 0.1) is 0 Å². The summed E-state index contributed by atoms with van der Waals surface area (Å²) in [6, 6.07) is 17.0. The van der Waals surface area contributed by atoms with Crippen molar-refractivity contribution in [3.8, 4) is 0 Å². The van der Waals surface area contributed by atoms with E-state index >= 15 is 0 Å². The Morgan fingerprint density at radius 1 is 0.765 bits per heavy atom. The summed E-state index contributed by atoms with van der Waals surface area (Å²) in [6.07, 6.45) is 2.16. The third-order valence-corrected chi connectivity index (χ3v) is 2.93. The minimum Gasteiger partial charge on any atom is -0.356 e. The van der Waals surface area contributed by atoms with E-state index in [-0.39, 0.29) is 0 Å². The van der Waals surface area contributed by atoms with Crippen molar-refractivity contribution in [1.82, 2.24) is 0 Å². The number of aryl methyl sites for hydroxylation is 2. The van der Waals surface area contributed by atoms with Crippen LogP contribution in [0.5, 0.6) is 0 Å². The Labute approximate surface area is 103 Å². The van der Waals surface area contributed by atoms with Crippen LogP contribution in [0.4, 0.5) is 11.4 Å². The van der Waals surface area contributed by atoms with Crippen molar-refractivity contribution in [3.05, 3.63) is 59.7 Å². The van der Waals surface area contributed by atoms with Gasteiger partial charge < -0.3 is 5.32 Å². The van der Waals surface area contributed by atoms with Gasteiger partial charge in [0.25, 0.3) is 0 Å². The quantitative estimate of drug-likeness (QED) is 0.804. The van der Waals surface area contributed by atoms with Gasteiger partial charge in [-0.05, 0) is 48.2 Å². The van der Waals surface area contributed by atoms with Crippen LogP contribution >= 0.6 is 0 Å². The Balaban J connectivity index is 2.26. The monoisotopic (exact) mass is 225 g/mol. The van der Waals surface area contributed by atoms with Crippen LogP contribution in [-0.4, -0.2) is 0 Å². The highest BCUT2D eigenvalue weighted by Gasteiger charge is 1.99. The van der Waals surface area contributed by atoms with Crippen molar-refractivity contribution in [2.75, 3.05) is 5.32 Å². The molecule has 0 spiro atoms. The molecule has 0 atom stereocenters. The highest BCUT2D eigenvalue weighted by molar-refractivity contribution is 5.61. The Kier molecular flexibility index (Phi) is 3.81. The molecule has 1 heteroatoms. The number of benzene rings is 2. The minimum atomic E-state index is 1.08. The number of anilines is 2. The van der Waals surface area contributed by atoms with E-state index in [1.807, 2.05) is 18.2 Å². The molecule has 1 nitrogen and oxygen atoms in total. The number of hydrogen-bond donors (Lipinski definition) is 1. The summed E-state index contributed by atoms with van der Waals surface area (Å²) in [7, 11) is 0. The molecule has 0 heterocycles. The molecular formula is C16H19N. The van der Waals surface area contributed by atoms with Gasteiger partial charge in [-0.1, -0.05) is 38.1 Å². The van der Waals surface area contributed by atoms with Crippen molar-refractivity contribution in [1.29, 1.82) is 0 Å². The molecule has 0 unspecified atom stereocenters. The second-order valence-electron chi connectivity index (χ2n) is 4.24. The smallest absolute Gasteiger partial charge is 0.0389 e. The second-order valence-corrected chi connectivity index (χ2v) is 4.24. The predicted octanol–water partition coefficient (Wildman–Crippen LogP) is 4.56. The van der Waals surface area contributed by atoms with Gasteiger partial charge in [0.2, 0.25) is 0 Å². The largest absolute Gasteiger partial charge is 0.356 e. The summed E-state index contributed by atoms with van der Waals surface area (Å²) in [6.45, 7) is 4.39. The lowest BCUT2D eigenvalue weighted by molar-refractivity contribution is 1.09. The van der Waals surface area contributed by atoms with Crippen LogP contribution in [0.1, 0.15) is 25.0 Å². The number of hydrogen-bond acceptors (Lipinski definition) is 1. The maximum atomic E-state index is 3.45. The van der Waals surface area contributed by atoms with Crippen molar-refractivity contribution < 1.29 is 0 Å². The van der Waals surface area contributed by atoms with Crippen molar-refractivity contribution in [2.24, 2.45) is 0 Å². The highest BCUT2D eigenvalue weighted by atomic mass is 14.9. The van der Waals surface area contributed by atoms with Crippen LogP contribution in [0, 0.1) is 0 Å². The topological polar surface area (TPSA) is 12.0 Å². The van der Waals surface area contributed by atoms with Gasteiger partial charge in [-0.3, -0.25) is 0 Å². The summed E-state index contributed by atoms with van der Waals surface area (Å²) in [5.41, 5.74) is 5.11. The third kappa shape index (κ3) is 3.10. The van der Waals surface area contributed by atoms with E-state index in [0.717, 1.165) is 18.5 Å². The summed E-state index contributed by atoms with van der Waals surface area (Å²) in [4.78, 5) is 0. The fraction of sp³-hybridized carbons (Fsp3) is 0.250. The lowest BCUT2D eigenvalue weighted by atomic mass is 10.1. The maximum Gasteiger partial charge on any atom is 0.0389 e. The van der Waals surface area contributed by atoms with Crippen LogP contribution in [0.3, 0.4) is 0 Å². The first-order valence-electron chi connectivity index (χ1n) is 6.26. The molecule has 0 bridgehead atoms. The zero-order chi connectivity index (χ0) is 12.1. The first kappa shape index (κ1) is 11.7. The van der Waals surface area contributed by atoms with E-state index in [1.165, 1.54) is 16.8 Å². The van der Waals surface area contributed by atoms with Crippen LogP contribution in [0.25, 0.3) is 0 Å². The fourth-order valence-corrected chi connectivity index (χ4v) is 1.93. The standard InChI is InChI=1S/C16H19N/c1-3-13-10-14(4-2)12-16(11-13)17-15-8-6-5-7-9-15/h5-12,17H,3-4H2,1-2H3. The zero-order valence-corrected chi connectivity index (χ0v) is 10.5. The average molecular weight is 225 g/mol. The number of nitrogens with one attached hydrogen (secondary N) is 1. The SMILES string of the molecule is CCc1cc(CC)cc(Nc2ccccc2)c1. The molecule has 2 aromatic carbocycles. The molecular weight excluding hydrogens is 206 g/mol. The highest BCUT2D eigenvalue weighted by Crippen LogP contribution is 2.20. The van der Waals surface area contributed by atoms with Crippen molar-refractivity contribution in [3.63, 3.8) is 0 Å². The van der Waals surface area contributed by atoms with Gasteiger partial charge in [-0.2, -0.15) is 0 Å². The lowest BCUT2D eigenvalue weighted by Crippen LogP contribution is -1.94. The Bertz CT molecular complexity index is 452. The number of para-hydroxylation sites is 1. The number of rotatable bonds is 4. The summed E-state index contributed by atoms with van der Waals surface area (Å²) < 4.78 is 0. The van der Waals surface area contributed by atoms with Gasteiger partial charge in [0.1, 0.15) is 0 Å². The third-order valence-electron chi connectivity index (χ3n) is 2.93. The zero-order valence-electron chi connectivity index (χ0n) is 10.5. The molecule has 0 radical (unpaired) electrons. The molecule has 0 saturated heterocycles. The second kappa shape index (κ2) is 5.53. The molecule has 0 fully saturated rings. The molecule has 0 aliphatic heterocycles. The first-order chi connectivity index (χ1) is 8.31. The lowest BCUT2D eigenvalue weighted by Gasteiger charge is -2.10. The van der Waals surface area contributed by atoms with Crippen LogP contribution in [0.2, 0.25) is 0 Å². The van der Waals surface area contributed by atoms with E-state index < -0.39 is 0 Å². The Hall–Kier alpha value is -1.76. The molecule has 2 rings (SSSR count). The molecule has 2 aromatic rings. The Morgan fingerprint density at radius 2 is 1.35 bits per heavy atom. The van der Waals surface area contributed by atoms with Crippen LogP contribution in [0.15, 0.2) is 48.5 Å². The normalized spacial score (nSPS) is 10.2. The van der Waals surface area contributed by atoms with E-state index in [0.29, 0.717) is 0 Å². The molecule has 88 valence electrons. The van der Waals surface area contributed by atoms with Crippen LogP contribution < -0.4 is 5.32 Å². The van der Waals surface area contributed by atoms with Gasteiger partial charge in [0.15, 0.2) is 0 Å². The summed E-state index contributed by atoms with van der Waals surface area (Å²) in [5, 5.41) is 3.45. The average Bonchev–Trinajstić information content (AvgIpc) is 2.39. The molecule has 0 aliphatic carbocycles. The van der Waals surface area contributed by atoms with E-state index in [1.54, 1.807) is 0 Å². The molecule has 0 aliphatic rings. The van der Waals surface area contributed by atoms with Gasteiger partial charge in [-0.25, -0.2) is 0 Å². The molecule has 0 aromatic heterocycles. The summed E-state index contributed by atoms with van der Waals surface area (Å²) in [5.74, 6) is 0. The van der Waals surface area contributed by atoms with Gasteiger partial charge >= 0.3 is 0 Å². The van der Waals surface area contributed by atoms with Crippen molar-refractivity contribution >= 4 is 11.4 Å². The first-order valence-corrected chi connectivity index (χ1v) is 6.26. The Morgan fingerprint density at radius 3 is 1.88 bits per heavy atom. The van der Waals surface area contributed by atoms with E-state index in [9.17, 15) is 0 Å². The molecule has 0 amide bonds. The fourth-order valence-electron chi connectivity index (χ4n) is 1.93. The minimum absolute atomic E-state index is 1.08. The molecule has 0 saturated carbocycles. The summed E-state index contributed by atoms with van der Waals surface area (Å²) >= 11 is 0. The van der Waals surface area contributed by atoms with Crippen LogP contribution in [-0.2, 0) is 12.8 Å². The van der Waals surface area contributed by atoms with E-state index in [2.05, 4.69) is 49.5 Å². The molecule has 1 N–H and O–H groups in total. The molecule has 17 heavy (non-hydrogen) atoms. The maximum absolute atomic E-state index is 3.45.